The van der Waals surface area contributed by atoms with E-state index in [1.165, 1.54) is 6.07 Å². The normalized spacial score (nSPS) is 11.2. The molecule has 2 rings (SSSR count). The summed E-state index contributed by atoms with van der Waals surface area (Å²) < 4.78 is 21.0. The van der Waals surface area contributed by atoms with Crippen molar-refractivity contribution >= 4 is 34.9 Å². The molecule has 0 aliphatic rings. The van der Waals surface area contributed by atoms with Gasteiger partial charge in [-0.25, -0.2) is 4.39 Å². The van der Waals surface area contributed by atoms with Gasteiger partial charge in [0.2, 0.25) is 0 Å². The largest absolute Gasteiger partial charge is 0.380 e. The van der Waals surface area contributed by atoms with Crippen LogP contribution in [0.15, 0.2) is 12.1 Å². The number of aromatic amines is 1. The lowest BCUT2D eigenvalue weighted by Crippen LogP contribution is -2.05. The zero-order valence-electron chi connectivity index (χ0n) is 9.30. The van der Waals surface area contributed by atoms with Crippen molar-refractivity contribution < 1.29 is 9.13 Å². The second-order valence-corrected chi connectivity index (χ2v) is 4.36. The summed E-state index contributed by atoms with van der Waals surface area (Å²) in [6.45, 7) is 3.71. The Bertz CT molecular complexity index is 593. The van der Waals surface area contributed by atoms with Crippen LogP contribution in [0.1, 0.15) is 6.92 Å². The van der Waals surface area contributed by atoms with E-state index < -0.39 is 5.82 Å². The van der Waals surface area contributed by atoms with Crippen LogP contribution < -0.4 is 0 Å². The summed E-state index contributed by atoms with van der Waals surface area (Å²) in [6, 6.07) is 2.93. The van der Waals surface area contributed by atoms with Crippen LogP contribution in [0.3, 0.4) is 0 Å². The molecule has 6 heteroatoms. The van der Waals surface area contributed by atoms with Gasteiger partial charge in [-0.05, 0) is 25.2 Å². The molecule has 0 amide bonds. The smallest absolute Gasteiger partial charge is 0.178 e. The maximum atomic E-state index is 13.4. The second kappa shape index (κ2) is 5.16. The van der Waals surface area contributed by atoms with Gasteiger partial charge < -0.3 is 14.3 Å². The van der Waals surface area contributed by atoms with Gasteiger partial charge in [-0.2, -0.15) is 0 Å². The van der Waals surface area contributed by atoms with Crippen molar-refractivity contribution in [1.29, 1.82) is 0 Å². The number of nitrogens with zero attached hydrogens (tertiary/aromatic N) is 1. The zero-order chi connectivity index (χ0) is 12.4. The number of aromatic nitrogens is 2. The number of fused-ring (bicyclic) bond motifs is 1. The lowest BCUT2D eigenvalue weighted by molar-refractivity contribution is 0.139. The molecule has 92 valence electrons. The molecule has 0 bridgehead atoms. The van der Waals surface area contributed by atoms with Gasteiger partial charge in [0.25, 0.3) is 0 Å². The fourth-order valence-electron chi connectivity index (χ4n) is 1.67. The van der Waals surface area contributed by atoms with Gasteiger partial charge in [-0.15, -0.1) is 0 Å². The third-order valence-electron chi connectivity index (χ3n) is 2.48. The van der Waals surface area contributed by atoms with Crippen molar-refractivity contribution in [1.82, 2.24) is 9.55 Å². The molecular weight excluding hydrogens is 263 g/mol. The first-order chi connectivity index (χ1) is 8.13. The van der Waals surface area contributed by atoms with E-state index in [0.717, 1.165) is 5.52 Å². The van der Waals surface area contributed by atoms with E-state index >= 15 is 0 Å². The van der Waals surface area contributed by atoms with Crippen molar-refractivity contribution in [2.24, 2.45) is 0 Å². The van der Waals surface area contributed by atoms with E-state index in [1.807, 2.05) is 6.92 Å². The highest BCUT2D eigenvalue weighted by molar-refractivity contribution is 7.71. The van der Waals surface area contributed by atoms with Crippen LogP contribution in [0.5, 0.6) is 0 Å². The van der Waals surface area contributed by atoms with Crippen LogP contribution >= 0.6 is 23.8 Å². The second-order valence-electron chi connectivity index (χ2n) is 3.56. The first kappa shape index (κ1) is 12.5. The molecular formula is C11H12ClFN2OS. The van der Waals surface area contributed by atoms with Crippen molar-refractivity contribution in [2.75, 3.05) is 13.2 Å². The zero-order valence-corrected chi connectivity index (χ0v) is 10.9. The van der Waals surface area contributed by atoms with Crippen molar-refractivity contribution in [3.05, 3.63) is 27.7 Å². The van der Waals surface area contributed by atoms with E-state index in [2.05, 4.69) is 4.98 Å². The highest BCUT2D eigenvalue weighted by Crippen LogP contribution is 2.22. The summed E-state index contributed by atoms with van der Waals surface area (Å²) in [6.07, 6.45) is 0. The van der Waals surface area contributed by atoms with Crippen LogP contribution in [-0.2, 0) is 11.3 Å². The van der Waals surface area contributed by atoms with Crippen molar-refractivity contribution in [3.8, 4) is 0 Å². The summed E-state index contributed by atoms with van der Waals surface area (Å²) in [5.74, 6) is -0.446. The molecule has 3 nitrogen and oxygen atoms in total. The van der Waals surface area contributed by atoms with Gasteiger partial charge in [-0.3, -0.25) is 0 Å². The summed E-state index contributed by atoms with van der Waals surface area (Å²) in [4.78, 5) is 2.99. The molecule has 0 spiro atoms. The quantitative estimate of drug-likeness (QED) is 0.683. The number of ether oxygens (including phenoxy) is 1. The molecule has 1 heterocycles. The molecule has 0 radical (unpaired) electrons. The van der Waals surface area contributed by atoms with Gasteiger partial charge >= 0.3 is 0 Å². The maximum absolute atomic E-state index is 13.4. The number of hydrogen-bond acceptors (Lipinski definition) is 2. The molecule has 1 N–H and O–H groups in total. The lowest BCUT2D eigenvalue weighted by Gasteiger charge is -2.04. The maximum Gasteiger partial charge on any atom is 0.178 e. The summed E-state index contributed by atoms with van der Waals surface area (Å²) in [7, 11) is 0. The van der Waals surface area contributed by atoms with E-state index in [4.69, 9.17) is 28.6 Å². The number of rotatable bonds is 4. The number of benzene rings is 1. The predicted octanol–water partition coefficient (Wildman–Crippen LogP) is 3.53. The number of halogens is 2. The van der Waals surface area contributed by atoms with Crippen LogP contribution in [0.25, 0.3) is 11.0 Å². The summed E-state index contributed by atoms with van der Waals surface area (Å²) >= 11 is 10.9. The Balaban J connectivity index is 2.44. The minimum absolute atomic E-state index is 0.0886. The molecule has 0 aliphatic heterocycles. The SMILES string of the molecule is CCOCCn1c(=S)[nH]c2cc(Cl)c(F)cc21. The Hall–Kier alpha value is -0.910. The molecule has 0 aliphatic carbocycles. The predicted molar refractivity (Wildman–Crippen MR) is 68.6 cm³/mol. The fraction of sp³-hybridized carbons (Fsp3) is 0.364. The van der Waals surface area contributed by atoms with E-state index in [0.29, 0.717) is 30.0 Å². The highest BCUT2D eigenvalue weighted by Gasteiger charge is 2.08. The topological polar surface area (TPSA) is 29.9 Å². The molecule has 17 heavy (non-hydrogen) atoms. The number of hydrogen-bond donors (Lipinski definition) is 1. The minimum Gasteiger partial charge on any atom is -0.380 e. The Morgan fingerprint density at radius 1 is 1.53 bits per heavy atom. The number of imidazole rings is 1. The number of nitrogens with one attached hydrogen (secondary N) is 1. The fourth-order valence-corrected chi connectivity index (χ4v) is 2.14. The number of H-pyrrole nitrogens is 1. The van der Waals surface area contributed by atoms with Crippen molar-refractivity contribution in [3.63, 3.8) is 0 Å². The van der Waals surface area contributed by atoms with Crippen LogP contribution in [-0.4, -0.2) is 22.8 Å². The van der Waals surface area contributed by atoms with E-state index in [9.17, 15) is 4.39 Å². The Morgan fingerprint density at radius 3 is 3.00 bits per heavy atom. The van der Waals surface area contributed by atoms with Gasteiger partial charge in [0, 0.05) is 19.2 Å². The first-order valence-corrected chi connectivity index (χ1v) is 6.07. The summed E-state index contributed by atoms with van der Waals surface area (Å²) in [5, 5.41) is 0.0886. The van der Waals surface area contributed by atoms with Gasteiger partial charge in [0.05, 0.1) is 22.7 Å². The molecule has 0 saturated carbocycles. The molecule has 1 aromatic carbocycles. The average molecular weight is 275 g/mol. The monoisotopic (exact) mass is 274 g/mol. The molecule has 0 atom stereocenters. The minimum atomic E-state index is -0.446. The van der Waals surface area contributed by atoms with Crippen LogP contribution in [0.4, 0.5) is 4.39 Å². The Kier molecular flexibility index (Phi) is 3.81. The lowest BCUT2D eigenvalue weighted by atomic mass is 10.3. The molecule has 0 unspecified atom stereocenters. The van der Waals surface area contributed by atoms with Gasteiger partial charge in [0.1, 0.15) is 5.82 Å². The third-order valence-corrected chi connectivity index (χ3v) is 3.09. The summed E-state index contributed by atoms with van der Waals surface area (Å²) in [5.41, 5.74) is 1.44. The molecule has 1 aromatic heterocycles. The highest BCUT2D eigenvalue weighted by atomic mass is 35.5. The first-order valence-electron chi connectivity index (χ1n) is 5.28. The van der Waals surface area contributed by atoms with Crippen LogP contribution in [0.2, 0.25) is 5.02 Å². The van der Waals surface area contributed by atoms with Gasteiger partial charge in [-0.1, -0.05) is 11.6 Å². The molecule has 2 aromatic rings. The van der Waals surface area contributed by atoms with Crippen molar-refractivity contribution in [2.45, 2.75) is 13.5 Å². The van der Waals surface area contributed by atoms with Crippen LogP contribution in [0, 0.1) is 10.6 Å². The molecule has 0 saturated heterocycles. The Morgan fingerprint density at radius 2 is 2.29 bits per heavy atom. The van der Waals surface area contributed by atoms with Gasteiger partial charge in [0.15, 0.2) is 4.77 Å². The third kappa shape index (κ3) is 2.51. The van der Waals surface area contributed by atoms with E-state index in [-0.39, 0.29) is 5.02 Å². The molecule has 0 fully saturated rings. The Labute approximate surface area is 108 Å². The standard InChI is InChI=1S/C11H12ClFN2OS/c1-2-16-4-3-15-10-6-8(13)7(12)5-9(10)14-11(15)17/h5-6H,2-4H2,1H3,(H,14,17). The van der Waals surface area contributed by atoms with E-state index in [1.54, 1.807) is 10.6 Å². The average Bonchev–Trinajstić information content (AvgIpc) is 2.57.